The monoisotopic (exact) mass is 496 g/mol. The molecule has 7 nitrogen and oxygen atoms in total. The number of aromatic nitrogens is 1. The normalized spacial score (nSPS) is 12.8. The molecule has 0 fully saturated rings. The van der Waals surface area contributed by atoms with Crippen LogP contribution in [0.5, 0.6) is 5.75 Å². The van der Waals surface area contributed by atoms with Crippen LogP contribution in [0.4, 0.5) is 5.82 Å². The summed E-state index contributed by atoms with van der Waals surface area (Å²) in [6.45, 7) is 5.34. The van der Waals surface area contributed by atoms with Crippen LogP contribution >= 0.6 is 11.6 Å². The van der Waals surface area contributed by atoms with E-state index in [1.807, 2.05) is 25.1 Å². The van der Waals surface area contributed by atoms with Gasteiger partial charge in [-0.25, -0.2) is 4.98 Å². The Labute approximate surface area is 211 Å². The maximum absolute atomic E-state index is 13.0. The quantitative estimate of drug-likeness (QED) is 0.320. The van der Waals surface area contributed by atoms with Crippen molar-refractivity contribution in [2.75, 3.05) is 18.8 Å². The number of carbonyl (C=O) groups is 1. The summed E-state index contributed by atoms with van der Waals surface area (Å²) < 4.78 is 0. The number of likely N-dealkylation sites (N-methyl/N-ethyl adjacent to an activating group) is 1. The van der Waals surface area contributed by atoms with Crippen LogP contribution in [0.15, 0.2) is 60.8 Å². The Hall–Kier alpha value is -3.13. The number of anilines is 1. The Morgan fingerprint density at radius 2 is 1.94 bits per heavy atom. The van der Waals surface area contributed by atoms with Gasteiger partial charge in [0.25, 0.3) is 0 Å². The van der Waals surface area contributed by atoms with Crippen LogP contribution < -0.4 is 11.1 Å². The van der Waals surface area contributed by atoms with Crippen molar-refractivity contribution in [3.63, 3.8) is 0 Å². The number of aromatic hydroxyl groups is 1. The fourth-order valence-electron chi connectivity index (χ4n) is 3.87. The van der Waals surface area contributed by atoms with E-state index in [9.17, 15) is 15.0 Å². The van der Waals surface area contributed by atoms with Crippen molar-refractivity contribution in [1.29, 1.82) is 0 Å². The number of aliphatic hydroxyl groups is 1. The maximum atomic E-state index is 13.0. The first-order valence-corrected chi connectivity index (χ1v) is 12.1. The van der Waals surface area contributed by atoms with E-state index < -0.39 is 6.10 Å². The van der Waals surface area contributed by atoms with Crippen LogP contribution in [-0.4, -0.2) is 45.1 Å². The summed E-state index contributed by atoms with van der Waals surface area (Å²) in [5.41, 5.74) is 9.18. The van der Waals surface area contributed by atoms with Crippen LogP contribution in [0.25, 0.3) is 0 Å². The number of carbonyl (C=O) groups excluding carboxylic acids is 1. The largest absolute Gasteiger partial charge is 0.508 e. The second-order valence-corrected chi connectivity index (χ2v) is 9.13. The average molecular weight is 497 g/mol. The standard InChI is InChI=1S/C27H33ClN4O3/c1-3-32(17-22-7-9-23(33)14-24(22)28)27(35)13-20-6-4-5-19(12-20)11-18(2)30-16-25(34)21-8-10-26(29)31-15-21/h4-10,12,14-15,18,25,30,33-34H,3,11,13,16-17H2,1-2H3,(H2,29,31)/t18-,25+/m1/s1. The molecule has 0 aliphatic rings. The molecule has 5 N–H and O–H groups in total. The number of hydrogen-bond donors (Lipinski definition) is 4. The molecule has 3 aromatic rings. The molecule has 0 saturated heterocycles. The van der Waals surface area contributed by atoms with Gasteiger partial charge in [0, 0.05) is 42.5 Å². The molecule has 0 spiro atoms. The van der Waals surface area contributed by atoms with Crippen molar-refractivity contribution in [3.05, 3.63) is 88.1 Å². The molecule has 186 valence electrons. The zero-order valence-electron chi connectivity index (χ0n) is 20.1. The Morgan fingerprint density at radius 3 is 2.63 bits per heavy atom. The van der Waals surface area contributed by atoms with E-state index in [4.69, 9.17) is 17.3 Å². The predicted molar refractivity (Wildman–Crippen MR) is 139 cm³/mol. The fraction of sp³-hybridized carbons (Fsp3) is 0.333. The molecular weight excluding hydrogens is 464 g/mol. The number of nitrogens with two attached hydrogens (primary N) is 1. The van der Waals surface area contributed by atoms with Gasteiger partial charge in [-0.15, -0.1) is 0 Å². The molecule has 0 radical (unpaired) electrons. The molecule has 2 aromatic carbocycles. The minimum absolute atomic E-state index is 0.0141. The zero-order chi connectivity index (χ0) is 25.4. The van der Waals surface area contributed by atoms with E-state index in [1.54, 1.807) is 35.4 Å². The molecule has 2 atom stereocenters. The number of benzene rings is 2. The number of amides is 1. The highest BCUT2D eigenvalue weighted by Gasteiger charge is 2.16. The topological polar surface area (TPSA) is 112 Å². The number of nitrogen functional groups attached to an aromatic ring is 1. The van der Waals surface area contributed by atoms with Crippen molar-refractivity contribution in [2.24, 2.45) is 0 Å². The summed E-state index contributed by atoms with van der Waals surface area (Å²) in [7, 11) is 0. The number of nitrogens with one attached hydrogen (secondary N) is 1. The van der Waals surface area contributed by atoms with Crippen LogP contribution in [0.3, 0.4) is 0 Å². The lowest BCUT2D eigenvalue weighted by atomic mass is 10.0. The smallest absolute Gasteiger partial charge is 0.227 e. The van der Waals surface area contributed by atoms with Crippen LogP contribution in [0.1, 0.15) is 42.2 Å². The highest BCUT2D eigenvalue weighted by atomic mass is 35.5. The van der Waals surface area contributed by atoms with Gasteiger partial charge in [0.05, 0.1) is 12.5 Å². The summed E-state index contributed by atoms with van der Waals surface area (Å²) in [5, 5.41) is 23.7. The van der Waals surface area contributed by atoms with Gasteiger partial charge in [-0.3, -0.25) is 4.79 Å². The third-order valence-electron chi connectivity index (χ3n) is 5.87. The molecule has 0 bridgehead atoms. The lowest BCUT2D eigenvalue weighted by Gasteiger charge is -2.22. The van der Waals surface area contributed by atoms with Gasteiger partial charge in [0.1, 0.15) is 11.6 Å². The first-order valence-electron chi connectivity index (χ1n) is 11.7. The molecule has 0 unspecified atom stereocenters. The molecule has 1 amide bonds. The third kappa shape index (κ3) is 7.96. The number of nitrogens with zero attached hydrogens (tertiary/aromatic N) is 2. The molecule has 1 aromatic heterocycles. The summed E-state index contributed by atoms with van der Waals surface area (Å²) in [5.74, 6) is 0.539. The van der Waals surface area contributed by atoms with Crippen LogP contribution in [-0.2, 0) is 24.2 Å². The molecule has 3 rings (SSSR count). The number of phenols is 1. The van der Waals surface area contributed by atoms with Crippen LogP contribution in [0.2, 0.25) is 5.02 Å². The summed E-state index contributed by atoms with van der Waals surface area (Å²) in [6.07, 6.45) is 1.97. The molecule has 0 aliphatic carbocycles. The number of pyridine rings is 1. The van der Waals surface area contributed by atoms with Crippen molar-refractivity contribution >= 4 is 23.3 Å². The Balaban J connectivity index is 1.54. The van der Waals surface area contributed by atoms with E-state index in [1.165, 1.54) is 6.07 Å². The van der Waals surface area contributed by atoms with E-state index in [0.29, 0.717) is 42.5 Å². The van der Waals surface area contributed by atoms with E-state index >= 15 is 0 Å². The van der Waals surface area contributed by atoms with Gasteiger partial charge in [-0.05, 0) is 55.2 Å². The zero-order valence-corrected chi connectivity index (χ0v) is 20.9. The van der Waals surface area contributed by atoms with Crippen molar-refractivity contribution < 1.29 is 15.0 Å². The third-order valence-corrected chi connectivity index (χ3v) is 6.23. The van der Waals surface area contributed by atoms with E-state index in [0.717, 1.165) is 23.1 Å². The first kappa shape index (κ1) is 26.5. The minimum atomic E-state index is -0.670. The lowest BCUT2D eigenvalue weighted by Crippen LogP contribution is -2.32. The second-order valence-electron chi connectivity index (χ2n) is 8.73. The van der Waals surface area contributed by atoms with E-state index in [2.05, 4.69) is 23.3 Å². The van der Waals surface area contributed by atoms with Gasteiger partial charge in [-0.1, -0.05) is 48.0 Å². The first-order chi connectivity index (χ1) is 16.7. The maximum Gasteiger partial charge on any atom is 0.227 e. The predicted octanol–water partition coefficient (Wildman–Crippen LogP) is 3.87. The van der Waals surface area contributed by atoms with Crippen LogP contribution in [0, 0.1) is 0 Å². The van der Waals surface area contributed by atoms with E-state index in [-0.39, 0.29) is 17.7 Å². The SMILES string of the molecule is CCN(Cc1ccc(O)cc1Cl)C(=O)Cc1cccc(C[C@@H](C)NC[C@H](O)c2ccc(N)nc2)c1. The van der Waals surface area contributed by atoms with Crippen molar-refractivity contribution in [3.8, 4) is 5.75 Å². The average Bonchev–Trinajstić information content (AvgIpc) is 2.82. The summed E-state index contributed by atoms with van der Waals surface area (Å²) in [6, 6.07) is 16.4. The van der Waals surface area contributed by atoms with Gasteiger partial charge >= 0.3 is 0 Å². The molecule has 0 aliphatic heterocycles. The van der Waals surface area contributed by atoms with Gasteiger partial charge in [0.15, 0.2) is 0 Å². The number of aliphatic hydroxyl groups excluding tert-OH is 1. The summed E-state index contributed by atoms with van der Waals surface area (Å²) >= 11 is 6.22. The number of halogens is 1. The summed E-state index contributed by atoms with van der Waals surface area (Å²) in [4.78, 5) is 18.7. The Bertz CT molecular complexity index is 1120. The van der Waals surface area contributed by atoms with Crippen molar-refractivity contribution in [2.45, 2.75) is 45.4 Å². The van der Waals surface area contributed by atoms with Crippen molar-refractivity contribution in [1.82, 2.24) is 15.2 Å². The lowest BCUT2D eigenvalue weighted by molar-refractivity contribution is -0.130. The Kier molecular flexibility index (Phi) is 9.48. The fourth-order valence-corrected chi connectivity index (χ4v) is 4.10. The second kappa shape index (κ2) is 12.5. The highest BCUT2D eigenvalue weighted by molar-refractivity contribution is 6.31. The van der Waals surface area contributed by atoms with Gasteiger partial charge in [-0.2, -0.15) is 0 Å². The number of phenolic OH excluding ortho intramolecular Hbond substituents is 1. The minimum Gasteiger partial charge on any atom is -0.508 e. The van der Waals surface area contributed by atoms with Gasteiger partial charge in [0.2, 0.25) is 5.91 Å². The molecule has 0 saturated carbocycles. The Morgan fingerprint density at radius 1 is 1.17 bits per heavy atom. The van der Waals surface area contributed by atoms with Gasteiger partial charge < -0.3 is 26.2 Å². The molecule has 1 heterocycles. The number of hydrogen-bond acceptors (Lipinski definition) is 6. The highest BCUT2D eigenvalue weighted by Crippen LogP contribution is 2.23. The number of rotatable bonds is 11. The molecular formula is C27H33ClN4O3. The molecule has 8 heteroatoms. The molecule has 35 heavy (non-hydrogen) atoms.